The molecule has 118 valence electrons. The summed E-state index contributed by atoms with van der Waals surface area (Å²) in [4.78, 5) is 26.6. The number of rotatable bonds is 4. The maximum atomic E-state index is 12.4. The predicted octanol–water partition coefficient (Wildman–Crippen LogP) is 1.30. The summed E-state index contributed by atoms with van der Waals surface area (Å²) >= 11 is 0. The van der Waals surface area contributed by atoms with E-state index in [9.17, 15) is 9.59 Å². The molecule has 22 heavy (non-hydrogen) atoms. The van der Waals surface area contributed by atoms with E-state index in [2.05, 4.69) is 34.6 Å². The van der Waals surface area contributed by atoms with Crippen molar-refractivity contribution in [3.05, 3.63) is 30.3 Å². The Labute approximate surface area is 131 Å². The van der Waals surface area contributed by atoms with Crippen LogP contribution in [0.3, 0.4) is 0 Å². The van der Waals surface area contributed by atoms with Crippen LogP contribution in [0.15, 0.2) is 30.3 Å². The molecule has 0 unspecified atom stereocenters. The lowest BCUT2D eigenvalue weighted by Gasteiger charge is -2.23. The lowest BCUT2D eigenvalue weighted by atomic mass is 10.0. The van der Waals surface area contributed by atoms with E-state index in [1.165, 1.54) is 5.69 Å². The van der Waals surface area contributed by atoms with E-state index in [4.69, 9.17) is 0 Å². The number of nitrogens with one attached hydrogen (secondary N) is 2. The normalized spacial score (nSPS) is 25.6. The minimum atomic E-state index is -0.807. The number of anilines is 1. The first-order chi connectivity index (χ1) is 10.6. The van der Waals surface area contributed by atoms with E-state index < -0.39 is 5.41 Å². The minimum absolute atomic E-state index is 0.102. The maximum absolute atomic E-state index is 12.4. The minimum Gasteiger partial charge on any atom is -0.367 e. The lowest BCUT2D eigenvalue weighted by Crippen LogP contribution is -2.46. The van der Waals surface area contributed by atoms with Gasteiger partial charge in [0.15, 0.2) is 0 Å². The molecular weight excluding hydrogens is 278 g/mol. The zero-order valence-electron chi connectivity index (χ0n) is 13.1. The molecule has 0 radical (unpaired) electrons. The second-order valence-electron chi connectivity index (χ2n) is 6.40. The summed E-state index contributed by atoms with van der Waals surface area (Å²) in [6, 6.07) is 10.7. The van der Waals surface area contributed by atoms with E-state index in [-0.39, 0.29) is 17.9 Å². The van der Waals surface area contributed by atoms with Crippen molar-refractivity contribution in [2.75, 3.05) is 18.5 Å². The molecule has 1 aliphatic heterocycles. The number of benzene rings is 1. The van der Waals surface area contributed by atoms with Gasteiger partial charge in [-0.1, -0.05) is 18.2 Å². The average molecular weight is 301 g/mol. The van der Waals surface area contributed by atoms with Crippen LogP contribution in [-0.2, 0) is 9.59 Å². The Morgan fingerprint density at radius 2 is 1.86 bits per heavy atom. The first kappa shape index (κ1) is 14.9. The van der Waals surface area contributed by atoms with Gasteiger partial charge in [-0.3, -0.25) is 9.59 Å². The fraction of sp³-hybridized carbons (Fsp3) is 0.529. The maximum Gasteiger partial charge on any atom is 0.235 e. The summed E-state index contributed by atoms with van der Waals surface area (Å²) in [7, 11) is 1.59. The van der Waals surface area contributed by atoms with Crippen molar-refractivity contribution in [1.82, 2.24) is 10.6 Å². The highest BCUT2D eigenvalue weighted by atomic mass is 16.2. The van der Waals surface area contributed by atoms with Crippen molar-refractivity contribution >= 4 is 17.5 Å². The smallest absolute Gasteiger partial charge is 0.235 e. The molecule has 3 rings (SSSR count). The Morgan fingerprint density at radius 3 is 2.45 bits per heavy atom. The van der Waals surface area contributed by atoms with Crippen LogP contribution < -0.4 is 15.5 Å². The Kier molecular flexibility index (Phi) is 3.81. The van der Waals surface area contributed by atoms with Crippen LogP contribution >= 0.6 is 0 Å². The average Bonchev–Trinajstić information content (AvgIpc) is 3.27. The zero-order chi connectivity index (χ0) is 15.7. The first-order valence-corrected chi connectivity index (χ1v) is 7.91. The van der Waals surface area contributed by atoms with Gasteiger partial charge in [-0.05, 0) is 38.3 Å². The van der Waals surface area contributed by atoms with Crippen molar-refractivity contribution in [2.24, 2.45) is 5.41 Å². The summed E-state index contributed by atoms with van der Waals surface area (Å²) < 4.78 is 0. The lowest BCUT2D eigenvalue weighted by molar-refractivity contribution is -0.137. The monoisotopic (exact) mass is 301 g/mol. The summed E-state index contributed by atoms with van der Waals surface area (Å²) in [5, 5.41) is 5.69. The molecule has 1 aromatic carbocycles. The van der Waals surface area contributed by atoms with Gasteiger partial charge in [-0.15, -0.1) is 0 Å². The van der Waals surface area contributed by atoms with E-state index in [1.54, 1.807) is 7.05 Å². The highest BCUT2D eigenvalue weighted by Crippen LogP contribution is 2.46. The summed E-state index contributed by atoms with van der Waals surface area (Å²) in [5.41, 5.74) is 0.372. The van der Waals surface area contributed by atoms with E-state index in [0.29, 0.717) is 18.9 Å². The first-order valence-electron chi connectivity index (χ1n) is 7.91. The Morgan fingerprint density at radius 1 is 1.18 bits per heavy atom. The van der Waals surface area contributed by atoms with Gasteiger partial charge in [-0.25, -0.2) is 0 Å². The van der Waals surface area contributed by atoms with Gasteiger partial charge in [0.05, 0.1) is 0 Å². The number of amides is 2. The molecule has 1 saturated heterocycles. The number of nitrogens with zero attached hydrogens (tertiary/aromatic N) is 1. The van der Waals surface area contributed by atoms with Gasteiger partial charge < -0.3 is 15.5 Å². The Bertz CT molecular complexity index is 569. The molecule has 0 spiro atoms. The van der Waals surface area contributed by atoms with Crippen LogP contribution in [0.25, 0.3) is 0 Å². The van der Waals surface area contributed by atoms with Crippen LogP contribution in [0.4, 0.5) is 5.69 Å². The summed E-state index contributed by atoms with van der Waals surface area (Å²) in [6.07, 6.45) is 2.22. The Hall–Kier alpha value is -2.04. The zero-order valence-corrected chi connectivity index (χ0v) is 13.1. The molecule has 2 aliphatic rings. The van der Waals surface area contributed by atoms with Crippen LogP contribution in [0.1, 0.15) is 26.2 Å². The fourth-order valence-corrected chi connectivity index (χ4v) is 3.36. The van der Waals surface area contributed by atoms with Gasteiger partial charge in [0.1, 0.15) is 5.41 Å². The molecule has 1 aliphatic carbocycles. The van der Waals surface area contributed by atoms with Crippen LogP contribution in [0.2, 0.25) is 0 Å². The Balaban J connectivity index is 1.63. The molecule has 2 amide bonds. The van der Waals surface area contributed by atoms with Gasteiger partial charge in [0.2, 0.25) is 11.8 Å². The number of carbonyl (C=O) groups excluding carboxylic acids is 2. The van der Waals surface area contributed by atoms with E-state index in [0.717, 1.165) is 13.0 Å². The van der Waals surface area contributed by atoms with Crippen LogP contribution in [0, 0.1) is 5.41 Å². The molecule has 1 heterocycles. The standard InChI is InChI=1S/C17H23N3O2/c1-12-10-13(11-20(12)14-6-4-3-5-7-14)19-16(22)17(8-9-17)15(21)18-2/h3-7,12-13H,8-11H2,1-2H3,(H,18,21)(H,19,22)/t12-,13-/m0/s1. The second kappa shape index (κ2) is 5.63. The van der Waals surface area contributed by atoms with Gasteiger partial charge >= 0.3 is 0 Å². The number of hydrogen-bond donors (Lipinski definition) is 2. The van der Waals surface area contributed by atoms with Gasteiger partial charge in [0, 0.05) is 31.4 Å². The summed E-state index contributed by atoms with van der Waals surface area (Å²) in [6.45, 7) is 2.96. The molecule has 2 fully saturated rings. The van der Waals surface area contributed by atoms with E-state index in [1.807, 2.05) is 18.2 Å². The van der Waals surface area contributed by atoms with Gasteiger partial charge in [-0.2, -0.15) is 0 Å². The SMILES string of the molecule is CNC(=O)C1(C(=O)N[C@H]2C[C@H](C)N(c3ccccc3)C2)CC1. The number of para-hydroxylation sites is 1. The quantitative estimate of drug-likeness (QED) is 0.824. The van der Waals surface area contributed by atoms with Crippen molar-refractivity contribution in [1.29, 1.82) is 0 Å². The van der Waals surface area contributed by atoms with Crippen molar-refractivity contribution in [3.63, 3.8) is 0 Å². The molecule has 0 bridgehead atoms. The topological polar surface area (TPSA) is 61.4 Å². The fourth-order valence-electron chi connectivity index (χ4n) is 3.36. The second-order valence-corrected chi connectivity index (χ2v) is 6.40. The van der Waals surface area contributed by atoms with Crippen molar-refractivity contribution < 1.29 is 9.59 Å². The third kappa shape index (κ3) is 2.56. The number of carbonyl (C=O) groups is 2. The third-order valence-electron chi connectivity index (χ3n) is 4.84. The summed E-state index contributed by atoms with van der Waals surface area (Å²) in [5.74, 6) is -0.269. The molecule has 2 N–H and O–H groups in total. The van der Waals surface area contributed by atoms with Crippen LogP contribution in [0.5, 0.6) is 0 Å². The molecule has 2 atom stereocenters. The predicted molar refractivity (Wildman–Crippen MR) is 85.5 cm³/mol. The van der Waals surface area contributed by atoms with Crippen molar-refractivity contribution in [3.8, 4) is 0 Å². The molecule has 5 heteroatoms. The highest BCUT2D eigenvalue weighted by Gasteiger charge is 2.56. The van der Waals surface area contributed by atoms with Crippen LogP contribution in [-0.4, -0.2) is 37.5 Å². The molecule has 1 aromatic rings. The van der Waals surface area contributed by atoms with Gasteiger partial charge in [0.25, 0.3) is 0 Å². The largest absolute Gasteiger partial charge is 0.367 e. The van der Waals surface area contributed by atoms with Crippen molar-refractivity contribution in [2.45, 2.75) is 38.3 Å². The third-order valence-corrected chi connectivity index (χ3v) is 4.84. The molecule has 1 saturated carbocycles. The van der Waals surface area contributed by atoms with E-state index >= 15 is 0 Å². The molecule has 0 aromatic heterocycles. The number of hydrogen-bond acceptors (Lipinski definition) is 3. The molecular formula is C17H23N3O2. The molecule has 5 nitrogen and oxygen atoms in total. The highest BCUT2D eigenvalue weighted by molar-refractivity contribution is 6.07.